The minimum absolute atomic E-state index is 0.130. The first-order valence-corrected chi connectivity index (χ1v) is 9.38. The molecule has 2 fully saturated rings. The fourth-order valence-corrected chi connectivity index (χ4v) is 4.46. The second kappa shape index (κ2) is 8.25. The van der Waals surface area contributed by atoms with Crippen LogP contribution in [0.3, 0.4) is 0 Å². The SMILES string of the molecule is CN[C@@H]1CCCC[C@H]1CN1CCC(Cc2ccc(F)cc2)CC1. The third-order valence-electron chi connectivity index (χ3n) is 5.92. The van der Waals surface area contributed by atoms with Crippen LogP contribution >= 0.6 is 0 Å². The van der Waals surface area contributed by atoms with E-state index in [1.54, 1.807) is 12.1 Å². The molecule has 3 rings (SSSR count). The Morgan fingerprint density at radius 3 is 2.43 bits per heavy atom. The Balaban J connectivity index is 1.43. The molecule has 0 unspecified atom stereocenters. The lowest BCUT2D eigenvalue weighted by atomic mass is 9.83. The maximum absolute atomic E-state index is 13.0. The molecule has 2 nitrogen and oxygen atoms in total. The summed E-state index contributed by atoms with van der Waals surface area (Å²) in [6, 6.07) is 7.79. The summed E-state index contributed by atoms with van der Waals surface area (Å²) in [5.74, 6) is 1.47. The van der Waals surface area contributed by atoms with Gasteiger partial charge in [0.2, 0.25) is 0 Å². The van der Waals surface area contributed by atoms with Gasteiger partial charge in [0.25, 0.3) is 0 Å². The molecule has 0 amide bonds. The minimum Gasteiger partial charge on any atom is -0.317 e. The number of rotatable bonds is 5. The average molecular weight is 318 g/mol. The molecule has 0 spiro atoms. The molecule has 1 aliphatic carbocycles. The van der Waals surface area contributed by atoms with E-state index in [1.807, 2.05) is 12.1 Å². The van der Waals surface area contributed by atoms with Crippen molar-refractivity contribution in [1.29, 1.82) is 0 Å². The summed E-state index contributed by atoms with van der Waals surface area (Å²) < 4.78 is 13.0. The van der Waals surface area contributed by atoms with Gasteiger partial charge < -0.3 is 10.2 Å². The molecule has 1 aromatic carbocycles. The molecule has 23 heavy (non-hydrogen) atoms. The summed E-state index contributed by atoms with van der Waals surface area (Å²) in [4.78, 5) is 2.68. The van der Waals surface area contributed by atoms with Crippen molar-refractivity contribution in [3.8, 4) is 0 Å². The minimum atomic E-state index is -0.130. The van der Waals surface area contributed by atoms with E-state index in [-0.39, 0.29) is 5.82 Å². The van der Waals surface area contributed by atoms with Gasteiger partial charge in [0.1, 0.15) is 5.82 Å². The highest BCUT2D eigenvalue weighted by Gasteiger charge is 2.27. The van der Waals surface area contributed by atoms with Crippen molar-refractivity contribution in [2.45, 2.75) is 51.0 Å². The monoisotopic (exact) mass is 318 g/mol. The van der Waals surface area contributed by atoms with Crippen molar-refractivity contribution in [3.63, 3.8) is 0 Å². The standard InChI is InChI=1S/C20H31FN2/c1-22-20-5-3-2-4-18(20)15-23-12-10-17(11-13-23)14-16-6-8-19(21)9-7-16/h6-9,17-18,20,22H,2-5,10-15H2,1H3/t18-,20+/m0/s1. The van der Waals surface area contributed by atoms with Crippen LogP contribution in [0.5, 0.6) is 0 Å². The van der Waals surface area contributed by atoms with E-state index in [2.05, 4.69) is 17.3 Å². The Bertz CT molecular complexity index is 465. The molecule has 128 valence electrons. The summed E-state index contributed by atoms with van der Waals surface area (Å²) in [5, 5.41) is 3.53. The van der Waals surface area contributed by atoms with Gasteiger partial charge in [-0.3, -0.25) is 0 Å². The molecule has 0 bridgehead atoms. The van der Waals surface area contributed by atoms with Gasteiger partial charge in [-0.1, -0.05) is 25.0 Å². The molecule has 0 radical (unpaired) electrons. The molecular formula is C20H31FN2. The molecule has 1 aliphatic heterocycles. The van der Waals surface area contributed by atoms with Gasteiger partial charge in [-0.25, -0.2) is 4.39 Å². The highest BCUT2D eigenvalue weighted by atomic mass is 19.1. The molecule has 2 aliphatic rings. The Kier molecular flexibility index (Phi) is 6.07. The van der Waals surface area contributed by atoms with E-state index in [0.717, 1.165) is 24.3 Å². The van der Waals surface area contributed by atoms with Crippen LogP contribution < -0.4 is 5.32 Å². The number of nitrogens with zero attached hydrogens (tertiary/aromatic N) is 1. The van der Waals surface area contributed by atoms with E-state index in [9.17, 15) is 4.39 Å². The first kappa shape index (κ1) is 16.9. The van der Waals surface area contributed by atoms with Crippen LogP contribution in [0, 0.1) is 17.7 Å². The van der Waals surface area contributed by atoms with E-state index in [1.165, 1.54) is 63.7 Å². The zero-order valence-electron chi connectivity index (χ0n) is 14.4. The summed E-state index contributed by atoms with van der Waals surface area (Å²) in [6.45, 7) is 3.74. The number of hydrogen-bond donors (Lipinski definition) is 1. The van der Waals surface area contributed by atoms with Crippen LogP contribution in [0.25, 0.3) is 0 Å². The first-order chi connectivity index (χ1) is 11.2. The third-order valence-corrected chi connectivity index (χ3v) is 5.92. The molecular weight excluding hydrogens is 287 g/mol. The van der Waals surface area contributed by atoms with Crippen LogP contribution in [0.15, 0.2) is 24.3 Å². The van der Waals surface area contributed by atoms with Crippen LogP contribution in [0.4, 0.5) is 4.39 Å². The molecule has 2 atom stereocenters. The third kappa shape index (κ3) is 4.77. The van der Waals surface area contributed by atoms with Crippen LogP contribution in [0.1, 0.15) is 44.1 Å². The van der Waals surface area contributed by atoms with Crippen molar-refractivity contribution in [2.24, 2.45) is 11.8 Å². The Morgan fingerprint density at radius 2 is 1.74 bits per heavy atom. The zero-order chi connectivity index (χ0) is 16.1. The second-order valence-corrected chi connectivity index (χ2v) is 7.51. The molecule has 1 aromatic rings. The molecule has 1 saturated heterocycles. The summed E-state index contributed by atoms with van der Waals surface area (Å²) >= 11 is 0. The normalized spacial score (nSPS) is 27.2. The number of benzene rings is 1. The van der Waals surface area contributed by atoms with Crippen LogP contribution in [0.2, 0.25) is 0 Å². The number of halogens is 1. The van der Waals surface area contributed by atoms with Gasteiger partial charge in [0, 0.05) is 12.6 Å². The first-order valence-electron chi connectivity index (χ1n) is 9.38. The fourth-order valence-electron chi connectivity index (χ4n) is 4.46. The lowest BCUT2D eigenvalue weighted by Gasteiger charge is -2.38. The summed E-state index contributed by atoms with van der Waals surface area (Å²) in [5.41, 5.74) is 1.28. The van der Waals surface area contributed by atoms with Gasteiger partial charge in [0.05, 0.1) is 0 Å². The van der Waals surface area contributed by atoms with E-state index >= 15 is 0 Å². The van der Waals surface area contributed by atoms with E-state index < -0.39 is 0 Å². The fraction of sp³-hybridized carbons (Fsp3) is 0.700. The van der Waals surface area contributed by atoms with Gasteiger partial charge in [0.15, 0.2) is 0 Å². The Labute approximate surface area is 140 Å². The number of nitrogens with one attached hydrogen (secondary N) is 1. The van der Waals surface area contributed by atoms with Gasteiger partial charge in [-0.05, 0) is 81.8 Å². The molecule has 1 heterocycles. The summed E-state index contributed by atoms with van der Waals surface area (Å²) in [6.07, 6.45) is 9.22. The molecule has 1 N–H and O–H groups in total. The lowest BCUT2D eigenvalue weighted by molar-refractivity contribution is 0.130. The van der Waals surface area contributed by atoms with Gasteiger partial charge >= 0.3 is 0 Å². The largest absolute Gasteiger partial charge is 0.317 e. The number of piperidine rings is 1. The van der Waals surface area contributed by atoms with Crippen molar-refractivity contribution < 1.29 is 4.39 Å². The highest BCUT2D eigenvalue weighted by Crippen LogP contribution is 2.28. The quantitative estimate of drug-likeness (QED) is 0.887. The number of hydrogen-bond acceptors (Lipinski definition) is 2. The summed E-state index contributed by atoms with van der Waals surface area (Å²) in [7, 11) is 2.12. The van der Waals surface area contributed by atoms with Crippen molar-refractivity contribution >= 4 is 0 Å². The average Bonchev–Trinajstić information content (AvgIpc) is 2.59. The maximum atomic E-state index is 13.0. The predicted octanol–water partition coefficient (Wildman–Crippen LogP) is 3.86. The van der Waals surface area contributed by atoms with E-state index in [0.29, 0.717) is 0 Å². The predicted molar refractivity (Wildman–Crippen MR) is 94.1 cm³/mol. The van der Waals surface area contributed by atoms with E-state index in [4.69, 9.17) is 0 Å². The topological polar surface area (TPSA) is 15.3 Å². The maximum Gasteiger partial charge on any atom is 0.123 e. The van der Waals surface area contributed by atoms with Crippen LogP contribution in [-0.4, -0.2) is 37.6 Å². The number of likely N-dealkylation sites (tertiary alicyclic amines) is 1. The zero-order valence-corrected chi connectivity index (χ0v) is 14.4. The molecule has 0 aromatic heterocycles. The highest BCUT2D eigenvalue weighted by molar-refractivity contribution is 5.16. The van der Waals surface area contributed by atoms with Gasteiger partial charge in [-0.2, -0.15) is 0 Å². The van der Waals surface area contributed by atoms with Crippen molar-refractivity contribution in [1.82, 2.24) is 10.2 Å². The Hall–Kier alpha value is -0.930. The second-order valence-electron chi connectivity index (χ2n) is 7.51. The Morgan fingerprint density at radius 1 is 1.04 bits per heavy atom. The molecule has 3 heteroatoms. The smallest absolute Gasteiger partial charge is 0.123 e. The van der Waals surface area contributed by atoms with Crippen molar-refractivity contribution in [2.75, 3.05) is 26.7 Å². The lowest BCUT2D eigenvalue weighted by Crippen LogP contribution is -2.45. The van der Waals surface area contributed by atoms with Crippen molar-refractivity contribution in [3.05, 3.63) is 35.6 Å². The van der Waals surface area contributed by atoms with Crippen LogP contribution in [-0.2, 0) is 6.42 Å². The molecule has 1 saturated carbocycles. The van der Waals surface area contributed by atoms with Gasteiger partial charge in [-0.15, -0.1) is 0 Å².